The summed E-state index contributed by atoms with van der Waals surface area (Å²) in [5.74, 6) is 0. The van der Waals surface area contributed by atoms with Gasteiger partial charge in [-0.2, -0.15) is 6.54 Å². The Labute approximate surface area is 260 Å². The predicted molar refractivity (Wildman–Crippen MR) is 176 cm³/mol. The third kappa shape index (κ3) is 45.1. The van der Waals surface area contributed by atoms with E-state index in [4.69, 9.17) is 5.73 Å². The fourth-order valence-electron chi connectivity index (χ4n) is 5.78. The molecule has 0 aromatic rings. The second-order valence-corrected chi connectivity index (χ2v) is 14.6. The highest BCUT2D eigenvalue weighted by Crippen LogP contribution is 2.13. The van der Waals surface area contributed by atoms with Crippen molar-refractivity contribution in [2.75, 3.05) is 60.9 Å². The number of hydrogen-bond donors (Lipinski definition) is 2. The molecule has 0 rings (SSSR count). The van der Waals surface area contributed by atoms with Crippen molar-refractivity contribution >= 4 is 0 Å². The number of halogens is 1. The first kappa shape index (κ1) is 47.0. The quantitative estimate of drug-likeness (QED) is 0.119. The van der Waals surface area contributed by atoms with Crippen LogP contribution in [0, 0.1) is 0 Å². The van der Waals surface area contributed by atoms with Crippen LogP contribution in [0.5, 0.6) is 0 Å². The SMILES string of the molecule is CCCCCCCCCCCCCCCC[NH-].CCC[N+](C)(C)CC(C)(C)O.CCC[N+](C)(C)CC(C)(C)O.[Cl-]. The predicted octanol–water partition coefficient (Wildman–Crippen LogP) is 6.01. The number of quaternary nitrogens is 2. The van der Waals surface area contributed by atoms with Crippen molar-refractivity contribution in [1.82, 2.24) is 0 Å². The number of aliphatic hydroxyl groups is 2. The molecule has 0 radical (unpaired) electrons. The van der Waals surface area contributed by atoms with E-state index >= 15 is 0 Å². The topological polar surface area (TPSA) is 64.3 Å². The maximum absolute atomic E-state index is 9.56. The van der Waals surface area contributed by atoms with Gasteiger partial charge in [-0.1, -0.05) is 111 Å². The molecule has 0 fully saturated rings. The van der Waals surface area contributed by atoms with Gasteiger partial charge in [-0.05, 0) is 40.5 Å². The summed E-state index contributed by atoms with van der Waals surface area (Å²) in [5, 5.41) is 19.1. The minimum atomic E-state index is -0.543. The first-order valence-corrected chi connectivity index (χ1v) is 16.7. The highest BCUT2D eigenvalue weighted by Gasteiger charge is 2.25. The van der Waals surface area contributed by atoms with Crippen LogP contribution in [0.3, 0.4) is 0 Å². The average Bonchev–Trinajstić information content (AvgIpc) is 2.74. The lowest BCUT2D eigenvalue weighted by molar-refractivity contribution is -0.896. The molecular weight excluding hydrogens is 518 g/mol. The van der Waals surface area contributed by atoms with Crippen LogP contribution in [-0.2, 0) is 0 Å². The smallest absolute Gasteiger partial charge is 0.108 e. The first-order chi connectivity index (χ1) is 17.9. The van der Waals surface area contributed by atoms with Crippen molar-refractivity contribution in [3.8, 4) is 0 Å². The van der Waals surface area contributed by atoms with Crippen LogP contribution in [0.1, 0.15) is 151 Å². The zero-order chi connectivity index (χ0) is 30.8. The van der Waals surface area contributed by atoms with Crippen LogP contribution in [0.15, 0.2) is 0 Å². The van der Waals surface area contributed by atoms with E-state index in [-0.39, 0.29) is 12.4 Å². The van der Waals surface area contributed by atoms with Gasteiger partial charge in [-0.15, -0.1) is 0 Å². The molecule has 5 nitrogen and oxygen atoms in total. The number of hydrogen-bond acceptors (Lipinski definition) is 2. The Morgan fingerprint density at radius 3 is 0.925 bits per heavy atom. The summed E-state index contributed by atoms with van der Waals surface area (Å²) in [6.45, 7) is 18.6. The Hall–Kier alpha value is 0.0900. The molecule has 3 N–H and O–H groups in total. The molecule has 0 spiro atoms. The Morgan fingerprint density at radius 2 is 0.725 bits per heavy atom. The van der Waals surface area contributed by atoms with Crippen LogP contribution < -0.4 is 12.4 Å². The molecule has 0 bridgehead atoms. The Bertz CT molecular complexity index is 456. The number of likely N-dealkylation sites (N-methyl/N-ethyl adjacent to an activating group) is 2. The van der Waals surface area contributed by atoms with Crippen LogP contribution in [0.2, 0.25) is 0 Å². The molecule has 0 unspecified atom stereocenters. The van der Waals surface area contributed by atoms with Gasteiger partial charge in [0.1, 0.15) is 24.3 Å². The van der Waals surface area contributed by atoms with Gasteiger partial charge >= 0.3 is 0 Å². The summed E-state index contributed by atoms with van der Waals surface area (Å²) >= 11 is 0. The van der Waals surface area contributed by atoms with Gasteiger partial charge < -0.3 is 37.3 Å². The van der Waals surface area contributed by atoms with Crippen molar-refractivity contribution in [2.24, 2.45) is 0 Å². The summed E-state index contributed by atoms with van der Waals surface area (Å²) in [5.41, 5.74) is 5.97. The fraction of sp³-hybridized carbons (Fsp3) is 1.00. The van der Waals surface area contributed by atoms with Crippen molar-refractivity contribution in [2.45, 2.75) is 162 Å². The van der Waals surface area contributed by atoms with Gasteiger partial charge in [0.15, 0.2) is 0 Å². The molecule has 0 aliphatic heterocycles. The highest BCUT2D eigenvalue weighted by molar-refractivity contribution is 4.63. The fourth-order valence-corrected chi connectivity index (χ4v) is 5.78. The number of unbranched alkanes of at least 4 members (excludes halogenated alkanes) is 13. The maximum Gasteiger partial charge on any atom is 0.108 e. The molecule has 0 saturated heterocycles. The number of nitrogens with one attached hydrogen (secondary N) is 1. The summed E-state index contributed by atoms with van der Waals surface area (Å²) in [7, 11) is 8.62. The van der Waals surface area contributed by atoms with E-state index in [2.05, 4.69) is 49.0 Å². The zero-order valence-electron chi connectivity index (χ0n) is 29.5. The lowest BCUT2D eigenvalue weighted by Crippen LogP contribution is -3.00. The summed E-state index contributed by atoms with van der Waals surface area (Å²) in [4.78, 5) is 0. The molecule has 0 aromatic heterocycles. The van der Waals surface area contributed by atoms with Gasteiger partial charge in [0.25, 0.3) is 0 Å². The van der Waals surface area contributed by atoms with Crippen LogP contribution in [-0.4, -0.2) is 91.3 Å². The van der Waals surface area contributed by atoms with E-state index in [9.17, 15) is 10.2 Å². The monoisotopic (exact) mass is 596 g/mol. The molecule has 0 heterocycles. The van der Waals surface area contributed by atoms with Crippen molar-refractivity contribution in [3.05, 3.63) is 5.73 Å². The molecule has 40 heavy (non-hydrogen) atoms. The Kier molecular flexibility index (Phi) is 32.8. The van der Waals surface area contributed by atoms with E-state index in [0.717, 1.165) is 41.6 Å². The Morgan fingerprint density at radius 1 is 0.475 bits per heavy atom. The molecule has 0 aliphatic carbocycles. The van der Waals surface area contributed by atoms with Gasteiger partial charge in [-0.25, -0.2) is 0 Å². The molecule has 248 valence electrons. The standard InChI is InChI=1S/C16H34N.2C9H22NO.ClH/c1-2-3-4-5-6-7-8-9-10-11-12-13-14-15-16-17;2*1-6-7-10(4,5)8-9(2,3)11;/h17H,2-16H2,1H3;2*11H,6-8H2,1-5H3;1H/q-1;2*+1;/p-1. The average molecular weight is 596 g/mol. The third-order valence-corrected chi connectivity index (χ3v) is 6.82. The number of nitrogens with zero attached hydrogens (tertiary/aromatic N) is 2. The minimum Gasteiger partial charge on any atom is -1.00 e. The Balaban J connectivity index is -0.000000249. The van der Waals surface area contributed by atoms with Gasteiger partial charge in [0.05, 0.1) is 41.3 Å². The van der Waals surface area contributed by atoms with E-state index in [1.165, 1.54) is 96.3 Å². The van der Waals surface area contributed by atoms with Crippen LogP contribution >= 0.6 is 0 Å². The summed E-state index contributed by atoms with van der Waals surface area (Å²) in [6, 6.07) is 0. The van der Waals surface area contributed by atoms with Crippen molar-refractivity contribution < 1.29 is 31.6 Å². The van der Waals surface area contributed by atoms with Gasteiger partial charge in [0.2, 0.25) is 0 Å². The largest absolute Gasteiger partial charge is 1.00 e. The maximum atomic E-state index is 9.56. The van der Waals surface area contributed by atoms with Gasteiger partial charge in [-0.3, -0.25) is 0 Å². The van der Waals surface area contributed by atoms with E-state index < -0.39 is 11.2 Å². The lowest BCUT2D eigenvalue weighted by Gasteiger charge is -2.34. The first-order valence-electron chi connectivity index (χ1n) is 16.7. The van der Waals surface area contributed by atoms with Crippen LogP contribution in [0.25, 0.3) is 5.73 Å². The molecular formula is C34H78ClN3O2. The highest BCUT2D eigenvalue weighted by atomic mass is 35.5. The lowest BCUT2D eigenvalue weighted by atomic mass is 10.0. The molecule has 0 aromatic carbocycles. The van der Waals surface area contributed by atoms with Crippen molar-refractivity contribution in [3.63, 3.8) is 0 Å². The van der Waals surface area contributed by atoms with Crippen LogP contribution in [0.4, 0.5) is 0 Å². The molecule has 6 heteroatoms. The molecule has 0 aliphatic rings. The van der Waals surface area contributed by atoms with E-state index in [1.807, 2.05) is 27.7 Å². The zero-order valence-corrected chi connectivity index (χ0v) is 30.3. The second kappa shape index (κ2) is 27.9. The van der Waals surface area contributed by atoms with E-state index in [1.54, 1.807) is 0 Å². The molecule has 0 saturated carbocycles. The molecule has 0 amide bonds. The third-order valence-electron chi connectivity index (χ3n) is 6.82. The second-order valence-electron chi connectivity index (χ2n) is 14.6. The molecule has 0 atom stereocenters. The van der Waals surface area contributed by atoms with E-state index in [0.29, 0.717) is 6.54 Å². The summed E-state index contributed by atoms with van der Waals surface area (Å²) in [6.07, 6.45) is 21.9. The van der Waals surface area contributed by atoms with Crippen molar-refractivity contribution in [1.29, 1.82) is 0 Å². The number of rotatable bonds is 22. The normalized spacial score (nSPS) is 12.2. The van der Waals surface area contributed by atoms with Gasteiger partial charge in [0, 0.05) is 0 Å². The minimum absolute atomic E-state index is 0. The summed E-state index contributed by atoms with van der Waals surface area (Å²) < 4.78 is 1.81.